The van der Waals surface area contributed by atoms with Gasteiger partial charge in [0.05, 0.1) is 5.71 Å². The van der Waals surface area contributed by atoms with Gasteiger partial charge in [-0.2, -0.15) is 0 Å². The van der Waals surface area contributed by atoms with Crippen LogP contribution in [-0.4, -0.2) is 11.6 Å². The number of hydrogen-bond donors (Lipinski definition) is 1. The number of oxime groups is 1. The fourth-order valence-corrected chi connectivity index (χ4v) is 2.22. The number of amides is 1. The fourth-order valence-electron chi connectivity index (χ4n) is 1.89. The Morgan fingerprint density at radius 2 is 1.91 bits per heavy atom. The Morgan fingerprint density at radius 3 is 2.52 bits per heavy atom. The Hall–Kier alpha value is -2.21. The average Bonchev–Trinajstić information content (AvgIpc) is 2.49. The van der Waals surface area contributed by atoms with E-state index in [-0.39, 0.29) is 18.3 Å². The molecule has 0 saturated carbocycles. The third-order valence-electron chi connectivity index (χ3n) is 3.06. The summed E-state index contributed by atoms with van der Waals surface area (Å²) >= 11 is 3.20. The molecule has 2 aromatic carbocycles. The molecule has 0 spiro atoms. The van der Waals surface area contributed by atoms with E-state index < -0.39 is 0 Å². The summed E-state index contributed by atoms with van der Waals surface area (Å²) < 4.78 is 14.3. The van der Waals surface area contributed by atoms with Crippen molar-refractivity contribution in [3.05, 3.63) is 63.9 Å². The molecule has 0 aromatic heterocycles. The number of hydrogen-bond acceptors (Lipinski definition) is 3. The second-order valence-corrected chi connectivity index (χ2v) is 5.86. The van der Waals surface area contributed by atoms with Crippen LogP contribution < -0.4 is 5.32 Å². The summed E-state index contributed by atoms with van der Waals surface area (Å²) in [5, 5.41) is 6.69. The smallest absolute Gasteiger partial charge is 0.221 e. The minimum Gasteiger partial charge on any atom is -0.391 e. The Morgan fingerprint density at radius 1 is 1.22 bits per heavy atom. The molecule has 0 unspecified atom stereocenters. The fraction of sp³-hybridized carbons (Fsp3) is 0.176. The number of carbonyl (C=O) groups is 1. The first-order valence-electron chi connectivity index (χ1n) is 6.94. The van der Waals surface area contributed by atoms with Gasteiger partial charge in [0.1, 0.15) is 12.4 Å². The molecule has 0 aliphatic rings. The number of nitrogens with one attached hydrogen (secondary N) is 1. The van der Waals surface area contributed by atoms with E-state index in [1.807, 2.05) is 12.1 Å². The summed E-state index contributed by atoms with van der Waals surface area (Å²) in [4.78, 5) is 16.2. The first-order chi connectivity index (χ1) is 11.0. The van der Waals surface area contributed by atoms with Crippen LogP contribution in [0.4, 0.5) is 10.1 Å². The standard InChI is InChI=1S/C17H16BrFN2O2/c1-11(13-4-7-16(8-5-13)20-12(2)22)21-23-10-14-3-6-15(18)9-17(14)19/h3-9H,10H2,1-2H3,(H,20,22)/b21-11+. The van der Waals surface area contributed by atoms with Gasteiger partial charge < -0.3 is 10.2 Å². The Balaban J connectivity index is 1.98. The van der Waals surface area contributed by atoms with E-state index in [0.29, 0.717) is 21.4 Å². The van der Waals surface area contributed by atoms with Crippen LogP contribution in [0, 0.1) is 5.82 Å². The Kier molecular flexibility index (Phi) is 5.87. The highest BCUT2D eigenvalue weighted by Crippen LogP contribution is 2.16. The van der Waals surface area contributed by atoms with E-state index in [2.05, 4.69) is 26.4 Å². The van der Waals surface area contributed by atoms with Gasteiger partial charge >= 0.3 is 0 Å². The highest BCUT2D eigenvalue weighted by Gasteiger charge is 2.04. The van der Waals surface area contributed by atoms with Crippen molar-refractivity contribution in [3.63, 3.8) is 0 Å². The van der Waals surface area contributed by atoms with Crippen molar-refractivity contribution < 1.29 is 14.0 Å². The van der Waals surface area contributed by atoms with Gasteiger partial charge in [0.15, 0.2) is 0 Å². The molecule has 0 fully saturated rings. The van der Waals surface area contributed by atoms with Crippen molar-refractivity contribution in [2.24, 2.45) is 5.16 Å². The van der Waals surface area contributed by atoms with Gasteiger partial charge in [-0.1, -0.05) is 39.3 Å². The molecule has 0 saturated heterocycles. The summed E-state index contributed by atoms with van der Waals surface area (Å²) in [7, 11) is 0. The Labute approximate surface area is 142 Å². The van der Waals surface area contributed by atoms with Gasteiger partial charge in [-0.15, -0.1) is 0 Å². The maximum absolute atomic E-state index is 13.7. The largest absolute Gasteiger partial charge is 0.391 e. The van der Waals surface area contributed by atoms with Crippen LogP contribution in [-0.2, 0) is 16.2 Å². The molecular weight excluding hydrogens is 363 g/mol. The molecule has 2 aromatic rings. The van der Waals surface area contributed by atoms with Crippen LogP contribution in [0.15, 0.2) is 52.1 Å². The van der Waals surface area contributed by atoms with Crippen LogP contribution in [0.5, 0.6) is 0 Å². The lowest BCUT2D eigenvalue weighted by Crippen LogP contribution is -2.06. The lowest BCUT2D eigenvalue weighted by Gasteiger charge is -2.06. The zero-order chi connectivity index (χ0) is 16.8. The maximum Gasteiger partial charge on any atom is 0.221 e. The maximum atomic E-state index is 13.7. The van der Waals surface area contributed by atoms with Gasteiger partial charge in [-0.25, -0.2) is 4.39 Å². The number of benzene rings is 2. The summed E-state index contributed by atoms with van der Waals surface area (Å²) in [6, 6.07) is 12.0. The molecule has 0 aliphatic carbocycles. The first-order valence-corrected chi connectivity index (χ1v) is 7.73. The molecule has 1 N–H and O–H groups in total. The van der Waals surface area contributed by atoms with E-state index in [1.165, 1.54) is 13.0 Å². The van der Waals surface area contributed by atoms with Crippen LogP contribution in [0.2, 0.25) is 0 Å². The van der Waals surface area contributed by atoms with Gasteiger partial charge in [0.2, 0.25) is 5.91 Å². The summed E-state index contributed by atoms with van der Waals surface area (Å²) in [5.74, 6) is -0.463. The van der Waals surface area contributed by atoms with Crippen LogP contribution in [0.1, 0.15) is 25.0 Å². The highest BCUT2D eigenvalue weighted by atomic mass is 79.9. The van der Waals surface area contributed by atoms with Crippen molar-refractivity contribution in [1.82, 2.24) is 0 Å². The topological polar surface area (TPSA) is 50.7 Å². The van der Waals surface area contributed by atoms with Crippen molar-refractivity contribution in [2.45, 2.75) is 20.5 Å². The molecular formula is C17H16BrFN2O2. The average molecular weight is 379 g/mol. The zero-order valence-corrected chi connectivity index (χ0v) is 14.4. The quantitative estimate of drug-likeness (QED) is 0.615. The molecule has 6 heteroatoms. The molecule has 0 aliphatic heterocycles. The van der Waals surface area contributed by atoms with Gasteiger partial charge in [-0.05, 0) is 36.8 Å². The SMILES string of the molecule is CC(=O)Nc1ccc(/C(C)=N/OCc2ccc(Br)cc2F)cc1. The first kappa shape index (κ1) is 17.1. The van der Waals surface area contributed by atoms with Crippen molar-refractivity contribution >= 4 is 33.2 Å². The molecule has 23 heavy (non-hydrogen) atoms. The van der Waals surface area contributed by atoms with E-state index in [1.54, 1.807) is 31.2 Å². The molecule has 4 nitrogen and oxygen atoms in total. The summed E-state index contributed by atoms with van der Waals surface area (Å²) in [5.41, 5.74) is 2.67. The predicted molar refractivity (Wildman–Crippen MR) is 91.8 cm³/mol. The van der Waals surface area contributed by atoms with Gasteiger partial charge in [0.25, 0.3) is 0 Å². The molecule has 0 bridgehead atoms. The number of nitrogens with zero attached hydrogens (tertiary/aromatic N) is 1. The number of rotatable bonds is 5. The molecule has 1 amide bonds. The van der Waals surface area contributed by atoms with Crippen LogP contribution >= 0.6 is 15.9 Å². The predicted octanol–water partition coefficient (Wildman–Crippen LogP) is 4.49. The second-order valence-electron chi connectivity index (χ2n) is 4.94. The molecule has 120 valence electrons. The molecule has 0 atom stereocenters. The third kappa shape index (κ3) is 5.17. The lowest BCUT2D eigenvalue weighted by molar-refractivity contribution is -0.114. The number of carbonyl (C=O) groups excluding carboxylic acids is 1. The Bertz CT molecular complexity index is 730. The van der Waals surface area contributed by atoms with E-state index in [0.717, 1.165) is 5.56 Å². The van der Waals surface area contributed by atoms with E-state index in [9.17, 15) is 9.18 Å². The second kappa shape index (κ2) is 7.87. The molecule has 0 heterocycles. The van der Waals surface area contributed by atoms with Crippen molar-refractivity contribution in [3.8, 4) is 0 Å². The van der Waals surface area contributed by atoms with Crippen LogP contribution in [0.25, 0.3) is 0 Å². The normalized spacial score (nSPS) is 11.2. The van der Waals surface area contributed by atoms with Crippen LogP contribution in [0.3, 0.4) is 0 Å². The van der Waals surface area contributed by atoms with Gasteiger partial charge in [0, 0.05) is 22.6 Å². The van der Waals surface area contributed by atoms with E-state index in [4.69, 9.17) is 4.84 Å². The lowest BCUT2D eigenvalue weighted by atomic mass is 10.1. The minimum absolute atomic E-state index is 0.0560. The molecule has 2 rings (SSSR count). The molecule has 0 radical (unpaired) electrons. The number of anilines is 1. The van der Waals surface area contributed by atoms with Crippen molar-refractivity contribution in [1.29, 1.82) is 0 Å². The highest BCUT2D eigenvalue weighted by molar-refractivity contribution is 9.10. The summed E-state index contributed by atoms with van der Waals surface area (Å²) in [6.45, 7) is 3.31. The third-order valence-corrected chi connectivity index (χ3v) is 3.55. The summed E-state index contributed by atoms with van der Waals surface area (Å²) in [6.07, 6.45) is 0. The van der Waals surface area contributed by atoms with E-state index >= 15 is 0 Å². The zero-order valence-electron chi connectivity index (χ0n) is 12.8. The van der Waals surface area contributed by atoms with Crippen molar-refractivity contribution in [2.75, 3.05) is 5.32 Å². The minimum atomic E-state index is -0.341. The monoisotopic (exact) mass is 378 g/mol. The van der Waals surface area contributed by atoms with Gasteiger partial charge in [-0.3, -0.25) is 4.79 Å². The number of halogens is 2.